The Morgan fingerprint density at radius 3 is 2.70 bits per heavy atom. The van der Waals surface area contributed by atoms with Crippen LogP contribution in [0, 0.1) is 10.1 Å². The molecule has 0 aliphatic heterocycles. The molecule has 0 radical (unpaired) electrons. The summed E-state index contributed by atoms with van der Waals surface area (Å²) in [6.07, 6.45) is -0.139. The minimum atomic E-state index is -1.01. The zero-order valence-corrected chi connectivity index (χ0v) is 11.0. The Hall–Kier alpha value is -2.56. The summed E-state index contributed by atoms with van der Waals surface area (Å²) in [4.78, 5) is 10.0. The molecule has 2 aromatic rings. The molecular weight excluding hydrogens is 254 g/mol. The van der Waals surface area contributed by atoms with Crippen LogP contribution in [0.1, 0.15) is 18.1 Å². The molecule has 0 bridgehead atoms. The molecule has 0 saturated carbocycles. The molecule has 20 heavy (non-hydrogen) atoms. The van der Waals surface area contributed by atoms with Crippen LogP contribution in [0.25, 0.3) is 11.1 Å². The summed E-state index contributed by atoms with van der Waals surface area (Å²) in [7, 11) is 0. The molecule has 0 spiro atoms. The van der Waals surface area contributed by atoms with Crippen molar-refractivity contribution in [1.82, 2.24) is 0 Å². The standard InChI is InChI=1S/C15H13N3O2/c1-10(18(19)20)16-17-13-6-7-15-12(9-13)8-11-4-2-3-5-14(11)15/h2-7,9-10H,8H2,1H3. The molecule has 1 atom stereocenters. The summed E-state index contributed by atoms with van der Waals surface area (Å²) >= 11 is 0. The van der Waals surface area contributed by atoms with Gasteiger partial charge in [0.05, 0.1) is 5.69 Å². The summed E-state index contributed by atoms with van der Waals surface area (Å²) in [5.74, 6) is 0. The third kappa shape index (κ3) is 2.18. The Balaban J connectivity index is 1.89. The molecular formula is C15H13N3O2. The third-order valence-electron chi connectivity index (χ3n) is 3.42. The summed E-state index contributed by atoms with van der Waals surface area (Å²) < 4.78 is 0. The van der Waals surface area contributed by atoms with Crippen LogP contribution < -0.4 is 0 Å². The highest BCUT2D eigenvalue weighted by molar-refractivity contribution is 5.78. The first-order chi connectivity index (χ1) is 9.65. The monoisotopic (exact) mass is 267 g/mol. The highest BCUT2D eigenvalue weighted by Gasteiger charge is 2.18. The molecule has 5 heteroatoms. The second-order valence-electron chi connectivity index (χ2n) is 4.81. The van der Waals surface area contributed by atoms with E-state index in [2.05, 4.69) is 22.4 Å². The van der Waals surface area contributed by atoms with E-state index in [1.54, 1.807) is 0 Å². The molecule has 1 aliphatic carbocycles. The quantitative estimate of drug-likeness (QED) is 0.409. The fourth-order valence-electron chi connectivity index (χ4n) is 2.39. The first kappa shape index (κ1) is 12.5. The highest BCUT2D eigenvalue weighted by Crippen LogP contribution is 2.38. The van der Waals surface area contributed by atoms with Crippen molar-refractivity contribution in [2.75, 3.05) is 0 Å². The summed E-state index contributed by atoms with van der Waals surface area (Å²) in [6.45, 7) is 1.41. The van der Waals surface area contributed by atoms with Crippen molar-refractivity contribution >= 4 is 5.69 Å². The molecule has 0 N–H and O–H groups in total. The Kier molecular flexibility index (Phi) is 3.02. The first-order valence-corrected chi connectivity index (χ1v) is 6.40. The second kappa shape index (κ2) is 4.85. The molecule has 1 unspecified atom stereocenters. The van der Waals surface area contributed by atoms with Crippen LogP contribution in [0.4, 0.5) is 5.69 Å². The molecule has 5 nitrogen and oxygen atoms in total. The zero-order chi connectivity index (χ0) is 14.1. The number of nitro groups is 1. The van der Waals surface area contributed by atoms with E-state index < -0.39 is 11.1 Å². The van der Waals surface area contributed by atoms with Gasteiger partial charge in [-0.15, -0.1) is 10.2 Å². The first-order valence-electron chi connectivity index (χ1n) is 6.40. The Morgan fingerprint density at radius 1 is 1.15 bits per heavy atom. The number of azo groups is 1. The van der Waals surface area contributed by atoms with Crippen LogP contribution in [-0.2, 0) is 6.42 Å². The Bertz CT molecular complexity index is 710. The van der Waals surface area contributed by atoms with Crippen molar-refractivity contribution in [2.45, 2.75) is 19.5 Å². The summed E-state index contributed by atoms with van der Waals surface area (Å²) in [5.41, 5.74) is 5.61. The van der Waals surface area contributed by atoms with Gasteiger partial charge in [-0.1, -0.05) is 30.3 Å². The number of rotatable bonds is 3. The van der Waals surface area contributed by atoms with Crippen molar-refractivity contribution in [3.05, 3.63) is 63.7 Å². The summed E-state index contributed by atoms with van der Waals surface area (Å²) in [5, 5.41) is 18.2. The lowest BCUT2D eigenvalue weighted by molar-refractivity contribution is -0.517. The third-order valence-corrected chi connectivity index (χ3v) is 3.42. The van der Waals surface area contributed by atoms with E-state index in [1.807, 2.05) is 30.3 Å². The number of benzene rings is 2. The smallest absolute Gasteiger partial charge is 0.262 e. The van der Waals surface area contributed by atoms with E-state index in [-0.39, 0.29) is 0 Å². The molecule has 3 rings (SSSR count). The van der Waals surface area contributed by atoms with Gasteiger partial charge < -0.3 is 0 Å². The van der Waals surface area contributed by atoms with Crippen LogP contribution >= 0.6 is 0 Å². The van der Waals surface area contributed by atoms with Crippen LogP contribution in [0.15, 0.2) is 52.7 Å². The van der Waals surface area contributed by atoms with Gasteiger partial charge in [0.2, 0.25) is 0 Å². The maximum absolute atomic E-state index is 10.5. The topological polar surface area (TPSA) is 67.9 Å². The highest BCUT2D eigenvalue weighted by atomic mass is 16.6. The van der Waals surface area contributed by atoms with E-state index in [4.69, 9.17) is 0 Å². The van der Waals surface area contributed by atoms with Gasteiger partial charge in [-0.2, -0.15) is 0 Å². The molecule has 2 aromatic carbocycles. The van der Waals surface area contributed by atoms with E-state index in [0.29, 0.717) is 5.69 Å². The van der Waals surface area contributed by atoms with Gasteiger partial charge in [-0.3, -0.25) is 10.1 Å². The second-order valence-corrected chi connectivity index (χ2v) is 4.81. The average molecular weight is 267 g/mol. The fraction of sp³-hybridized carbons (Fsp3) is 0.200. The molecule has 0 aromatic heterocycles. The van der Waals surface area contributed by atoms with Gasteiger partial charge in [-0.05, 0) is 40.8 Å². The van der Waals surface area contributed by atoms with Crippen LogP contribution in [-0.4, -0.2) is 11.1 Å². The zero-order valence-electron chi connectivity index (χ0n) is 11.0. The van der Waals surface area contributed by atoms with Crippen molar-refractivity contribution in [1.29, 1.82) is 0 Å². The van der Waals surface area contributed by atoms with E-state index >= 15 is 0 Å². The normalized spacial score (nSPS) is 14.1. The van der Waals surface area contributed by atoms with Crippen molar-refractivity contribution < 1.29 is 4.92 Å². The minimum absolute atomic E-state index is 0.466. The average Bonchev–Trinajstić information content (AvgIpc) is 2.82. The van der Waals surface area contributed by atoms with Gasteiger partial charge in [-0.25, -0.2) is 0 Å². The number of hydrogen-bond donors (Lipinski definition) is 0. The van der Waals surface area contributed by atoms with Crippen LogP contribution in [0.5, 0.6) is 0 Å². The van der Waals surface area contributed by atoms with Gasteiger partial charge in [0, 0.05) is 11.8 Å². The number of nitrogens with zero attached hydrogens (tertiary/aromatic N) is 3. The van der Waals surface area contributed by atoms with E-state index in [1.165, 1.54) is 29.2 Å². The van der Waals surface area contributed by atoms with Crippen molar-refractivity contribution in [3.8, 4) is 11.1 Å². The molecule has 100 valence electrons. The largest absolute Gasteiger partial charge is 0.318 e. The van der Waals surface area contributed by atoms with Gasteiger partial charge >= 0.3 is 6.17 Å². The predicted molar refractivity (Wildman–Crippen MR) is 75.7 cm³/mol. The van der Waals surface area contributed by atoms with E-state index in [0.717, 1.165) is 6.42 Å². The lowest BCUT2D eigenvalue weighted by Gasteiger charge is -2.01. The van der Waals surface area contributed by atoms with Crippen LogP contribution in [0.2, 0.25) is 0 Å². The Morgan fingerprint density at radius 2 is 1.90 bits per heavy atom. The van der Waals surface area contributed by atoms with Crippen molar-refractivity contribution in [2.24, 2.45) is 10.2 Å². The summed E-state index contributed by atoms with van der Waals surface area (Å²) in [6, 6.07) is 14.1. The van der Waals surface area contributed by atoms with Gasteiger partial charge in [0.15, 0.2) is 0 Å². The van der Waals surface area contributed by atoms with E-state index in [9.17, 15) is 10.1 Å². The maximum Gasteiger partial charge on any atom is 0.318 e. The molecule has 0 saturated heterocycles. The van der Waals surface area contributed by atoms with Gasteiger partial charge in [0.1, 0.15) is 0 Å². The lowest BCUT2D eigenvalue weighted by Crippen LogP contribution is -2.10. The number of fused-ring (bicyclic) bond motifs is 3. The molecule has 0 fully saturated rings. The van der Waals surface area contributed by atoms with Crippen LogP contribution in [0.3, 0.4) is 0 Å². The van der Waals surface area contributed by atoms with Crippen molar-refractivity contribution in [3.63, 3.8) is 0 Å². The maximum atomic E-state index is 10.5. The SMILES string of the molecule is CC(N=Nc1ccc2c(c1)Cc1ccccc1-2)[N+](=O)[O-]. The molecule has 0 amide bonds. The van der Waals surface area contributed by atoms with Gasteiger partial charge in [0.25, 0.3) is 0 Å². The lowest BCUT2D eigenvalue weighted by atomic mass is 10.1. The predicted octanol–water partition coefficient (Wildman–Crippen LogP) is 3.96. The number of hydrogen-bond acceptors (Lipinski definition) is 4. The molecule has 0 heterocycles. The minimum Gasteiger partial charge on any atom is -0.262 e. The fourth-order valence-corrected chi connectivity index (χ4v) is 2.39. The Labute approximate surface area is 116 Å². The molecule has 1 aliphatic rings.